The van der Waals surface area contributed by atoms with Gasteiger partial charge in [0.2, 0.25) is 0 Å². The van der Waals surface area contributed by atoms with Gasteiger partial charge in [-0.05, 0) is 60.3 Å². The van der Waals surface area contributed by atoms with Crippen LogP contribution < -0.4 is 5.43 Å². The molecule has 4 nitrogen and oxygen atoms in total. The minimum absolute atomic E-state index is 0.274. The Morgan fingerprint density at radius 1 is 1.16 bits per heavy atom. The van der Waals surface area contributed by atoms with Crippen LogP contribution >= 0.6 is 51.5 Å². The Labute approximate surface area is 167 Å². The van der Waals surface area contributed by atoms with Crippen molar-refractivity contribution in [3.63, 3.8) is 0 Å². The highest BCUT2D eigenvalue weighted by molar-refractivity contribution is 9.10. The second kappa shape index (κ2) is 7.70. The average Bonchev–Trinajstić information content (AvgIpc) is 2.85. The Kier molecular flexibility index (Phi) is 5.58. The second-order valence-corrected chi connectivity index (χ2v) is 8.04. The number of rotatable bonds is 3. The molecule has 2 aromatic carbocycles. The van der Waals surface area contributed by atoms with Crippen LogP contribution in [0.1, 0.15) is 15.9 Å². The van der Waals surface area contributed by atoms with Crippen molar-refractivity contribution in [3.8, 4) is 0 Å². The third kappa shape index (κ3) is 4.30. The molecule has 1 N–H and O–H groups in total. The van der Waals surface area contributed by atoms with Gasteiger partial charge in [-0.25, -0.2) is 0 Å². The van der Waals surface area contributed by atoms with E-state index < -0.39 is 5.91 Å². The molecule has 0 bridgehead atoms. The van der Waals surface area contributed by atoms with Crippen molar-refractivity contribution in [2.45, 2.75) is 0 Å². The molecule has 0 radical (unpaired) electrons. The summed E-state index contributed by atoms with van der Waals surface area (Å²) in [5.74, 6) is -0.793. The molecule has 1 heterocycles. The third-order valence-electron chi connectivity index (χ3n) is 3.28. The first-order chi connectivity index (χ1) is 11.9. The van der Waals surface area contributed by atoms with Crippen LogP contribution in [0.2, 0.25) is 5.02 Å². The van der Waals surface area contributed by atoms with E-state index in [4.69, 9.17) is 23.8 Å². The molecule has 126 valence electrons. The zero-order valence-electron chi connectivity index (χ0n) is 12.5. The first kappa shape index (κ1) is 18.1. The normalized spacial score (nSPS) is 15.8. The maximum absolute atomic E-state index is 12.5. The fraction of sp³-hybridized carbons (Fsp3) is 0. The van der Waals surface area contributed by atoms with Crippen LogP contribution in [0.5, 0.6) is 0 Å². The molecule has 0 atom stereocenters. The molecular weight excluding hydrogens is 444 g/mol. The first-order valence-electron chi connectivity index (χ1n) is 7.04. The lowest BCUT2D eigenvalue weighted by atomic mass is 10.2. The Balaban J connectivity index is 1.76. The number of thiocarbonyl (C=S) groups is 1. The molecule has 3 rings (SSSR count). The molecule has 0 saturated carbocycles. The van der Waals surface area contributed by atoms with Crippen molar-refractivity contribution in [1.29, 1.82) is 0 Å². The first-order valence-corrected chi connectivity index (χ1v) is 9.44. The molecule has 1 aliphatic heterocycles. The molecule has 1 saturated heterocycles. The molecule has 2 aromatic rings. The van der Waals surface area contributed by atoms with Crippen LogP contribution in [0, 0.1) is 0 Å². The van der Waals surface area contributed by atoms with E-state index in [1.807, 2.05) is 24.3 Å². The summed E-state index contributed by atoms with van der Waals surface area (Å²) in [7, 11) is 0. The zero-order valence-corrected chi connectivity index (χ0v) is 16.5. The van der Waals surface area contributed by atoms with E-state index in [2.05, 4.69) is 21.4 Å². The van der Waals surface area contributed by atoms with Crippen molar-refractivity contribution < 1.29 is 9.59 Å². The quantitative estimate of drug-likeness (QED) is 0.543. The number of hydrogen-bond donors (Lipinski definition) is 1. The van der Waals surface area contributed by atoms with Crippen LogP contribution in [0.15, 0.2) is 57.9 Å². The van der Waals surface area contributed by atoms with Crippen LogP contribution in [-0.4, -0.2) is 21.1 Å². The summed E-state index contributed by atoms with van der Waals surface area (Å²) in [4.78, 5) is 25.2. The van der Waals surface area contributed by atoms with Crippen LogP contribution in [0.3, 0.4) is 0 Å². The molecule has 2 amide bonds. The fourth-order valence-corrected chi connectivity index (χ4v) is 3.61. The molecule has 1 aliphatic rings. The lowest BCUT2D eigenvalue weighted by molar-refractivity contribution is -0.123. The van der Waals surface area contributed by atoms with Crippen molar-refractivity contribution in [1.82, 2.24) is 10.4 Å². The van der Waals surface area contributed by atoms with E-state index in [1.165, 1.54) is 0 Å². The van der Waals surface area contributed by atoms with Crippen LogP contribution in [0.4, 0.5) is 0 Å². The van der Waals surface area contributed by atoms with Gasteiger partial charge in [0.05, 0.1) is 4.91 Å². The van der Waals surface area contributed by atoms with Crippen LogP contribution in [0.25, 0.3) is 6.08 Å². The van der Waals surface area contributed by atoms with Gasteiger partial charge in [-0.1, -0.05) is 51.4 Å². The van der Waals surface area contributed by atoms with E-state index in [1.54, 1.807) is 30.3 Å². The van der Waals surface area contributed by atoms with Gasteiger partial charge in [0, 0.05) is 15.1 Å². The number of nitrogens with one attached hydrogen (secondary N) is 1. The number of halogens is 2. The maximum atomic E-state index is 12.5. The van der Waals surface area contributed by atoms with Gasteiger partial charge in [0.15, 0.2) is 4.32 Å². The lowest BCUT2D eigenvalue weighted by Gasteiger charge is -2.15. The van der Waals surface area contributed by atoms with Crippen molar-refractivity contribution in [3.05, 3.63) is 74.1 Å². The highest BCUT2D eigenvalue weighted by Gasteiger charge is 2.33. The van der Waals surface area contributed by atoms with Gasteiger partial charge in [-0.2, -0.15) is 5.01 Å². The molecule has 25 heavy (non-hydrogen) atoms. The third-order valence-corrected chi connectivity index (χ3v) is 5.36. The fourth-order valence-electron chi connectivity index (χ4n) is 2.04. The van der Waals surface area contributed by atoms with Crippen molar-refractivity contribution >= 4 is 73.7 Å². The smallest absolute Gasteiger partial charge is 0.267 e. The van der Waals surface area contributed by atoms with Gasteiger partial charge < -0.3 is 0 Å². The van der Waals surface area contributed by atoms with E-state index in [0.717, 1.165) is 26.8 Å². The largest absolute Gasteiger partial charge is 0.285 e. The Hall–Kier alpha value is -1.67. The van der Waals surface area contributed by atoms with Gasteiger partial charge in [0.1, 0.15) is 0 Å². The van der Waals surface area contributed by atoms with Gasteiger partial charge in [-0.3, -0.25) is 15.0 Å². The number of nitrogens with zero attached hydrogens (tertiary/aromatic N) is 1. The summed E-state index contributed by atoms with van der Waals surface area (Å²) in [5.41, 5.74) is 3.78. The Morgan fingerprint density at radius 2 is 1.80 bits per heavy atom. The van der Waals surface area contributed by atoms with Gasteiger partial charge >= 0.3 is 0 Å². The SMILES string of the molecule is O=C(NN1C(=O)/C(=C/c2ccc(Br)cc2)SC1=S)c1ccc(Cl)cc1. The summed E-state index contributed by atoms with van der Waals surface area (Å²) < 4.78 is 1.23. The Morgan fingerprint density at radius 3 is 2.44 bits per heavy atom. The van der Waals surface area contributed by atoms with E-state index in [0.29, 0.717) is 15.5 Å². The van der Waals surface area contributed by atoms with E-state index >= 15 is 0 Å². The predicted octanol–water partition coefficient (Wildman–Crippen LogP) is 4.65. The van der Waals surface area contributed by atoms with Crippen LogP contribution in [-0.2, 0) is 4.79 Å². The van der Waals surface area contributed by atoms with Gasteiger partial charge in [-0.15, -0.1) is 0 Å². The number of thioether (sulfide) groups is 1. The molecule has 1 fully saturated rings. The molecule has 0 aromatic heterocycles. The molecule has 0 aliphatic carbocycles. The minimum atomic E-state index is -0.433. The summed E-state index contributed by atoms with van der Waals surface area (Å²) in [6.45, 7) is 0. The second-order valence-electron chi connectivity index (χ2n) is 5.02. The predicted molar refractivity (Wildman–Crippen MR) is 108 cm³/mol. The summed E-state index contributed by atoms with van der Waals surface area (Å²) in [6.07, 6.45) is 1.74. The number of carbonyl (C=O) groups is 2. The number of hydrazine groups is 1. The number of carbonyl (C=O) groups excluding carboxylic acids is 2. The molecule has 0 unspecified atom stereocenters. The minimum Gasteiger partial charge on any atom is -0.267 e. The van der Waals surface area contributed by atoms with Crippen molar-refractivity contribution in [2.24, 2.45) is 0 Å². The van der Waals surface area contributed by atoms with E-state index in [-0.39, 0.29) is 10.2 Å². The summed E-state index contributed by atoms with van der Waals surface area (Å²) in [5, 5.41) is 1.61. The summed E-state index contributed by atoms with van der Waals surface area (Å²) in [6, 6.07) is 13.9. The number of hydrogen-bond acceptors (Lipinski definition) is 4. The van der Waals surface area contributed by atoms with E-state index in [9.17, 15) is 9.59 Å². The average molecular weight is 454 g/mol. The number of benzene rings is 2. The standard InChI is InChI=1S/C17H10BrClN2O2S2/c18-12-5-1-10(2-6-12)9-14-16(23)21(17(24)25-14)20-15(22)11-3-7-13(19)8-4-11/h1-9H,(H,20,22)/b14-9-. The highest BCUT2D eigenvalue weighted by atomic mass is 79.9. The highest BCUT2D eigenvalue weighted by Crippen LogP contribution is 2.31. The molecule has 8 heteroatoms. The van der Waals surface area contributed by atoms with Crippen molar-refractivity contribution in [2.75, 3.05) is 0 Å². The summed E-state index contributed by atoms with van der Waals surface area (Å²) >= 11 is 15.5. The molecular formula is C17H10BrClN2O2S2. The Bertz CT molecular complexity index is 883. The maximum Gasteiger partial charge on any atom is 0.285 e. The zero-order chi connectivity index (χ0) is 18.0. The lowest BCUT2D eigenvalue weighted by Crippen LogP contribution is -2.44. The molecule has 0 spiro atoms. The monoisotopic (exact) mass is 452 g/mol. The number of amides is 2. The topological polar surface area (TPSA) is 49.4 Å². The van der Waals surface area contributed by atoms with Gasteiger partial charge in [0.25, 0.3) is 11.8 Å².